The van der Waals surface area contributed by atoms with Crippen LogP contribution in [-0.4, -0.2) is 0 Å². The molecular formula is C30H18F6. The molecule has 0 radical (unpaired) electrons. The number of benzene rings is 5. The second-order valence-electron chi connectivity index (χ2n) is 8.50. The van der Waals surface area contributed by atoms with Gasteiger partial charge in [0.1, 0.15) is 0 Å². The van der Waals surface area contributed by atoms with Gasteiger partial charge in [0.15, 0.2) is 0 Å². The van der Waals surface area contributed by atoms with Crippen LogP contribution in [0.3, 0.4) is 0 Å². The maximum Gasteiger partial charge on any atom is 0.416 e. The van der Waals surface area contributed by atoms with Crippen molar-refractivity contribution < 1.29 is 26.3 Å². The van der Waals surface area contributed by atoms with E-state index in [4.69, 9.17) is 0 Å². The fourth-order valence-corrected chi connectivity index (χ4v) is 4.16. The summed E-state index contributed by atoms with van der Waals surface area (Å²) in [5.74, 6) is 0. The summed E-state index contributed by atoms with van der Waals surface area (Å²) < 4.78 is 77.1. The van der Waals surface area contributed by atoms with Crippen LogP contribution in [0.4, 0.5) is 26.3 Å². The summed E-state index contributed by atoms with van der Waals surface area (Å²) in [5.41, 5.74) is 3.51. The van der Waals surface area contributed by atoms with E-state index in [2.05, 4.69) is 0 Å². The van der Waals surface area contributed by atoms with Gasteiger partial charge in [0.25, 0.3) is 0 Å². The first kappa shape index (κ1) is 23.7. The van der Waals surface area contributed by atoms with Crippen molar-refractivity contribution in [3.05, 3.63) is 120 Å². The van der Waals surface area contributed by atoms with Crippen LogP contribution in [0.25, 0.3) is 44.2 Å². The number of rotatable bonds is 3. The number of halogens is 6. The summed E-state index contributed by atoms with van der Waals surface area (Å²) in [7, 11) is 0. The molecule has 5 aromatic rings. The van der Waals surface area contributed by atoms with E-state index in [0.29, 0.717) is 11.1 Å². The standard InChI is InChI=1S/C30H18F6/c31-29(32,33)27-13-9-20(10-14-27)19-1-3-21(4-2-19)24-7-5-23-6-8-25(18-26(23)17-24)22-11-15-28(16-12-22)30(34,35)36/h1-18H. The highest BCUT2D eigenvalue weighted by Gasteiger charge is 2.30. The minimum absolute atomic E-state index is 0.685. The van der Waals surface area contributed by atoms with Gasteiger partial charge in [0, 0.05) is 0 Å². The van der Waals surface area contributed by atoms with Crippen molar-refractivity contribution in [3.63, 3.8) is 0 Å². The monoisotopic (exact) mass is 492 g/mol. The van der Waals surface area contributed by atoms with Gasteiger partial charge in [-0.25, -0.2) is 0 Å². The molecule has 0 fully saturated rings. The third-order valence-electron chi connectivity index (χ3n) is 6.15. The highest BCUT2D eigenvalue weighted by atomic mass is 19.4. The number of hydrogen-bond acceptors (Lipinski definition) is 0. The quantitative estimate of drug-likeness (QED) is 0.220. The van der Waals surface area contributed by atoms with Crippen LogP contribution in [-0.2, 0) is 12.4 Å². The molecule has 180 valence electrons. The molecule has 0 spiro atoms. The van der Waals surface area contributed by atoms with E-state index in [1.165, 1.54) is 24.3 Å². The molecule has 0 bridgehead atoms. The zero-order valence-corrected chi connectivity index (χ0v) is 18.7. The Balaban J connectivity index is 1.42. The molecule has 0 aromatic heterocycles. The molecule has 36 heavy (non-hydrogen) atoms. The van der Waals surface area contributed by atoms with E-state index in [9.17, 15) is 26.3 Å². The summed E-state index contributed by atoms with van der Waals surface area (Å²) in [6.07, 6.45) is -8.75. The van der Waals surface area contributed by atoms with Gasteiger partial charge in [-0.05, 0) is 80.6 Å². The van der Waals surface area contributed by atoms with Crippen LogP contribution < -0.4 is 0 Å². The van der Waals surface area contributed by atoms with E-state index in [0.717, 1.165) is 57.3 Å². The van der Waals surface area contributed by atoms with E-state index in [1.807, 2.05) is 60.7 Å². The Bertz CT molecular complexity index is 1510. The number of fused-ring (bicyclic) bond motifs is 1. The summed E-state index contributed by atoms with van der Waals surface area (Å²) in [6, 6.07) is 29.4. The van der Waals surface area contributed by atoms with Crippen LogP contribution in [0.15, 0.2) is 109 Å². The van der Waals surface area contributed by atoms with Gasteiger partial charge in [-0.3, -0.25) is 0 Å². The SMILES string of the molecule is FC(F)(F)c1ccc(-c2ccc(-c3ccc4ccc(-c5ccc(C(F)(F)F)cc5)cc4c3)cc2)cc1. The van der Waals surface area contributed by atoms with E-state index < -0.39 is 23.5 Å². The summed E-state index contributed by atoms with van der Waals surface area (Å²) >= 11 is 0. The zero-order valence-electron chi connectivity index (χ0n) is 18.7. The molecule has 5 aromatic carbocycles. The maximum absolute atomic E-state index is 12.9. The molecule has 0 amide bonds. The molecule has 0 saturated heterocycles. The summed E-state index contributed by atoms with van der Waals surface area (Å²) in [4.78, 5) is 0. The number of alkyl halides is 6. The second kappa shape index (κ2) is 8.86. The molecule has 0 heterocycles. The van der Waals surface area contributed by atoms with Crippen LogP contribution in [0, 0.1) is 0 Å². The van der Waals surface area contributed by atoms with Gasteiger partial charge < -0.3 is 0 Å². The van der Waals surface area contributed by atoms with Gasteiger partial charge in [-0.2, -0.15) is 26.3 Å². The highest BCUT2D eigenvalue weighted by Crippen LogP contribution is 2.34. The molecule has 0 aliphatic carbocycles. The predicted molar refractivity (Wildman–Crippen MR) is 130 cm³/mol. The first-order valence-electron chi connectivity index (χ1n) is 11.1. The molecule has 0 N–H and O–H groups in total. The van der Waals surface area contributed by atoms with E-state index >= 15 is 0 Å². The Kier molecular flexibility index (Phi) is 5.83. The Morgan fingerprint density at radius 3 is 0.917 bits per heavy atom. The largest absolute Gasteiger partial charge is 0.416 e. The average molecular weight is 492 g/mol. The first-order chi connectivity index (χ1) is 17.1. The third-order valence-corrected chi connectivity index (χ3v) is 6.15. The van der Waals surface area contributed by atoms with Crippen molar-refractivity contribution in [3.8, 4) is 33.4 Å². The molecule has 0 aliphatic heterocycles. The lowest BCUT2D eigenvalue weighted by Gasteiger charge is -2.10. The molecule has 0 aliphatic rings. The minimum atomic E-state index is -4.38. The fraction of sp³-hybridized carbons (Fsp3) is 0.0667. The molecule has 0 nitrogen and oxygen atoms in total. The fourth-order valence-electron chi connectivity index (χ4n) is 4.16. The van der Waals surface area contributed by atoms with Gasteiger partial charge in [-0.15, -0.1) is 0 Å². The molecule has 0 saturated carbocycles. The smallest absolute Gasteiger partial charge is 0.166 e. The second-order valence-corrected chi connectivity index (χ2v) is 8.50. The molecular weight excluding hydrogens is 474 g/mol. The van der Waals surface area contributed by atoms with Gasteiger partial charge in [0.05, 0.1) is 11.1 Å². The van der Waals surface area contributed by atoms with E-state index in [-0.39, 0.29) is 0 Å². The van der Waals surface area contributed by atoms with Crippen molar-refractivity contribution in [2.75, 3.05) is 0 Å². The number of hydrogen-bond donors (Lipinski definition) is 0. The third kappa shape index (κ3) is 4.85. The Morgan fingerprint density at radius 1 is 0.306 bits per heavy atom. The normalized spacial score (nSPS) is 12.2. The van der Waals surface area contributed by atoms with Crippen molar-refractivity contribution in [2.45, 2.75) is 12.4 Å². The Morgan fingerprint density at radius 2 is 0.583 bits per heavy atom. The van der Waals surface area contributed by atoms with Gasteiger partial charge in [0.2, 0.25) is 0 Å². The van der Waals surface area contributed by atoms with Gasteiger partial charge in [-0.1, -0.05) is 72.8 Å². The van der Waals surface area contributed by atoms with Crippen molar-refractivity contribution in [1.29, 1.82) is 0 Å². The van der Waals surface area contributed by atoms with Crippen molar-refractivity contribution in [2.24, 2.45) is 0 Å². The van der Waals surface area contributed by atoms with Crippen molar-refractivity contribution >= 4 is 10.8 Å². The van der Waals surface area contributed by atoms with Crippen LogP contribution in [0.1, 0.15) is 11.1 Å². The summed E-state index contributed by atoms with van der Waals surface area (Å²) in [6.45, 7) is 0. The van der Waals surface area contributed by atoms with Crippen LogP contribution in [0.5, 0.6) is 0 Å². The maximum atomic E-state index is 12.9. The van der Waals surface area contributed by atoms with Crippen molar-refractivity contribution in [1.82, 2.24) is 0 Å². The summed E-state index contributed by atoms with van der Waals surface area (Å²) in [5, 5.41) is 1.94. The average Bonchev–Trinajstić information content (AvgIpc) is 2.87. The van der Waals surface area contributed by atoms with Crippen LogP contribution in [0.2, 0.25) is 0 Å². The minimum Gasteiger partial charge on any atom is -0.166 e. The zero-order chi connectivity index (χ0) is 25.5. The lowest BCUT2D eigenvalue weighted by atomic mass is 9.96. The molecule has 0 atom stereocenters. The molecule has 5 rings (SSSR count). The topological polar surface area (TPSA) is 0 Å². The molecule has 6 heteroatoms. The highest BCUT2D eigenvalue weighted by molar-refractivity contribution is 5.91. The predicted octanol–water partition coefficient (Wildman–Crippen LogP) is 9.88. The Labute approximate surface area is 203 Å². The first-order valence-corrected chi connectivity index (χ1v) is 11.1. The Hall–Kier alpha value is -4.06. The molecule has 0 unspecified atom stereocenters. The van der Waals surface area contributed by atoms with Gasteiger partial charge >= 0.3 is 12.4 Å². The lowest BCUT2D eigenvalue weighted by Crippen LogP contribution is -2.03. The van der Waals surface area contributed by atoms with E-state index in [1.54, 1.807) is 0 Å². The lowest BCUT2D eigenvalue weighted by molar-refractivity contribution is -0.138. The van der Waals surface area contributed by atoms with Crippen LogP contribution >= 0.6 is 0 Å².